The van der Waals surface area contributed by atoms with Gasteiger partial charge < -0.3 is 4.90 Å². The first-order valence-electron chi connectivity index (χ1n) is 6.98. The Morgan fingerprint density at radius 2 is 1.38 bits per heavy atom. The Balaban J connectivity index is 2.09. The Morgan fingerprint density at radius 3 is 1.83 bits per heavy atom. The number of anilines is 1. The lowest BCUT2D eigenvalue weighted by Crippen LogP contribution is -2.66. The van der Waals surface area contributed by atoms with E-state index in [1.165, 1.54) is 0 Å². The highest BCUT2D eigenvalue weighted by molar-refractivity contribution is 6.30. The molecule has 0 amide bonds. The van der Waals surface area contributed by atoms with Crippen LogP contribution in [0.25, 0.3) is 0 Å². The molecule has 10 heteroatoms. The van der Waals surface area contributed by atoms with Gasteiger partial charge in [0.25, 0.3) is 0 Å². The Morgan fingerprint density at radius 1 is 0.875 bits per heavy atom. The summed E-state index contributed by atoms with van der Waals surface area (Å²) >= 11 is 5.73. The van der Waals surface area contributed by atoms with Crippen molar-refractivity contribution in [1.82, 2.24) is 4.90 Å². The molecule has 0 N–H and O–H groups in total. The van der Waals surface area contributed by atoms with Crippen molar-refractivity contribution in [2.24, 2.45) is 0 Å². The van der Waals surface area contributed by atoms with Crippen molar-refractivity contribution in [1.29, 1.82) is 0 Å². The number of halogens is 8. The minimum absolute atomic E-state index is 0.0387. The van der Waals surface area contributed by atoms with Crippen LogP contribution in [0.1, 0.15) is 0 Å². The molecule has 1 aromatic rings. The Labute approximate surface area is 138 Å². The molecule has 0 radical (unpaired) electrons. The highest BCUT2D eigenvalue weighted by Gasteiger charge is 2.73. The second-order valence-corrected chi connectivity index (χ2v) is 5.84. The summed E-state index contributed by atoms with van der Waals surface area (Å²) in [6, 6.07) is 1.25. The lowest BCUT2D eigenvalue weighted by Gasteiger charge is -2.43. The third-order valence-electron chi connectivity index (χ3n) is 3.87. The second-order valence-electron chi connectivity index (χ2n) is 5.40. The van der Waals surface area contributed by atoms with Gasteiger partial charge in [0.2, 0.25) is 0 Å². The third-order valence-corrected chi connectivity index (χ3v) is 4.13. The standard InChI is InChI=1S/C14H14ClF7N2/c15-10-1-3-11(4-2-10)23-5-7-24(8-6-23)14(21,22)13(19,20)12(17,18)9-16/h1-4H,5-9H2. The molecule has 0 atom stereocenters. The Kier molecular flexibility index (Phi) is 5.25. The molecule has 2 rings (SSSR count). The highest BCUT2D eigenvalue weighted by atomic mass is 35.5. The fraction of sp³-hybridized carbons (Fsp3) is 0.571. The minimum Gasteiger partial charge on any atom is -0.369 e. The summed E-state index contributed by atoms with van der Waals surface area (Å²) in [5, 5.41) is 0.469. The maximum absolute atomic E-state index is 13.8. The summed E-state index contributed by atoms with van der Waals surface area (Å²) < 4.78 is 92.4. The summed E-state index contributed by atoms with van der Waals surface area (Å²) in [6.45, 7) is -4.16. The molecule has 0 bridgehead atoms. The minimum atomic E-state index is -5.81. The summed E-state index contributed by atoms with van der Waals surface area (Å²) in [6.07, 6.45) is 0. The van der Waals surface area contributed by atoms with Crippen molar-refractivity contribution >= 4 is 17.3 Å². The summed E-state index contributed by atoms with van der Waals surface area (Å²) in [4.78, 5) is 1.59. The first kappa shape index (κ1) is 19.1. The zero-order valence-electron chi connectivity index (χ0n) is 12.3. The highest BCUT2D eigenvalue weighted by Crippen LogP contribution is 2.47. The SMILES string of the molecule is FCC(F)(F)C(F)(F)C(F)(F)N1CCN(c2ccc(Cl)cc2)CC1. The molecule has 0 saturated carbocycles. The smallest absolute Gasteiger partial charge is 0.369 e. The molecule has 0 aromatic heterocycles. The van der Waals surface area contributed by atoms with E-state index in [0.29, 0.717) is 10.7 Å². The zero-order valence-corrected chi connectivity index (χ0v) is 13.0. The maximum atomic E-state index is 13.8. The van der Waals surface area contributed by atoms with Gasteiger partial charge in [0, 0.05) is 36.9 Å². The van der Waals surface area contributed by atoms with Crippen LogP contribution in [0.15, 0.2) is 24.3 Å². The van der Waals surface area contributed by atoms with E-state index in [1.807, 2.05) is 0 Å². The van der Waals surface area contributed by atoms with Gasteiger partial charge in [-0.3, -0.25) is 0 Å². The van der Waals surface area contributed by atoms with Crippen LogP contribution in [0.4, 0.5) is 36.4 Å². The molecule has 0 unspecified atom stereocenters. The molecule has 24 heavy (non-hydrogen) atoms. The predicted molar refractivity (Wildman–Crippen MR) is 76.1 cm³/mol. The fourth-order valence-corrected chi connectivity index (χ4v) is 2.53. The van der Waals surface area contributed by atoms with Crippen molar-refractivity contribution in [3.05, 3.63) is 29.3 Å². The van der Waals surface area contributed by atoms with E-state index in [0.717, 1.165) is 0 Å². The van der Waals surface area contributed by atoms with Gasteiger partial charge in [-0.05, 0) is 24.3 Å². The molecule has 1 aliphatic heterocycles. The van der Waals surface area contributed by atoms with Gasteiger partial charge in [-0.15, -0.1) is 0 Å². The lowest BCUT2D eigenvalue weighted by atomic mass is 10.1. The van der Waals surface area contributed by atoms with Gasteiger partial charge in [-0.25, -0.2) is 9.29 Å². The average molecular weight is 379 g/mol. The number of hydrogen-bond acceptors (Lipinski definition) is 2. The molecule has 1 aliphatic rings. The van der Waals surface area contributed by atoms with Crippen LogP contribution in [-0.2, 0) is 0 Å². The van der Waals surface area contributed by atoms with Crippen molar-refractivity contribution < 1.29 is 30.7 Å². The quantitative estimate of drug-likeness (QED) is 0.557. The average Bonchev–Trinajstić information content (AvgIpc) is 2.55. The largest absolute Gasteiger partial charge is 0.389 e. The molecule has 1 saturated heterocycles. The molecule has 0 spiro atoms. The van der Waals surface area contributed by atoms with Gasteiger partial charge >= 0.3 is 17.9 Å². The van der Waals surface area contributed by atoms with E-state index >= 15 is 0 Å². The summed E-state index contributed by atoms with van der Waals surface area (Å²) in [5.74, 6) is -11.2. The predicted octanol–water partition coefficient (Wildman–Crippen LogP) is 4.29. The monoisotopic (exact) mass is 378 g/mol. The van der Waals surface area contributed by atoms with E-state index in [2.05, 4.69) is 0 Å². The van der Waals surface area contributed by atoms with Crippen LogP contribution in [0, 0.1) is 0 Å². The molecule has 1 heterocycles. The third kappa shape index (κ3) is 3.28. The number of rotatable bonds is 5. The molecular weight excluding hydrogens is 365 g/mol. The van der Waals surface area contributed by atoms with Gasteiger partial charge in [0.05, 0.1) is 0 Å². The van der Waals surface area contributed by atoms with Gasteiger partial charge in [0.15, 0.2) is 6.67 Å². The lowest BCUT2D eigenvalue weighted by molar-refractivity contribution is -0.357. The molecule has 2 nitrogen and oxygen atoms in total. The first-order valence-corrected chi connectivity index (χ1v) is 7.36. The van der Waals surface area contributed by atoms with Crippen LogP contribution in [-0.4, -0.2) is 55.6 Å². The van der Waals surface area contributed by atoms with E-state index in [4.69, 9.17) is 11.6 Å². The van der Waals surface area contributed by atoms with E-state index in [-0.39, 0.29) is 18.0 Å². The molecule has 136 valence electrons. The van der Waals surface area contributed by atoms with Crippen LogP contribution in [0.2, 0.25) is 5.02 Å². The Bertz CT molecular complexity index is 557. The zero-order chi connectivity index (χ0) is 18.2. The normalized spacial score (nSPS) is 18.1. The second kappa shape index (κ2) is 6.59. The van der Waals surface area contributed by atoms with E-state index in [1.54, 1.807) is 29.2 Å². The van der Waals surface area contributed by atoms with E-state index in [9.17, 15) is 30.7 Å². The van der Waals surface area contributed by atoms with Crippen molar-refractivity contribution in [2.75, 3.05) is 37.8 Å². The Hall–Kier alpha value is -1.22. The molecular formula is C14H14ClF7N2. The van der Waals surface area contributed by atoms with Crippen molar-refractivity contribution in [3.8, 4) is 0 Å². The van der Waals surface area contributed by atoms with Crippen LogP contribution >= 0.6 is 11.6 Å². The van der Waals surface area contributed by atoms with Crippen LogP contribution in [0.3, 0.4) is 0 Å². The van der Waals surface area contributed by atoms with Gasteiger partial charge in [-0.2, -0.15) is 26.3 Å². The molecule has 0 aliphatic carbocycles. The fourth-order valence-electron chi connectivity index (χ4n) is 2.40. The number of piperazine rings is 1. The summed E-state index contributed by atoms with van der Waals surface area (Å²) in [5.41, 5.74) is 0.642. The number of nitrogens with zero attached hydrogens (tertiary/aromatic N) is 2. The molecule has 1 fully saturated rings. The van der Waals surface area contributed by atoms with Gasteiger partial charge in [0.1, 0.15) is 0 Å². The van der Waals surface area contributed by atoms with Crippen LogP contribution in [0.5, 0.6) is 0 Å². The number of benzene rings is 1. The van der Waals surface area contributed by atoms with E-state index < -0.39 is 37.7 Å². The number of hydrogen-bond donors (Lipinski definition) is 0. The number of alkyl halides is 7. The molecule has 1 aromatic carbocycles. The van der Waals surface area contributed by atoms with Crippen molar-refractivity contribution in [2.45, 2.75) is 17.9 Å². The van der Waals surface area contributed by atoms with Gasteiger partial charge in [-0.1, -0.05) is 11.6 Å². The first-order chi connectivity index (χ1) is 11.0. The summed E-state index contributed by atoms with van der Waals surface area (Å²) in [7, 11) is 0. The van der Waals surface area contributed by atoms with Crippen LogP contribution < -0.4 is 4.90 Å². The van der Waals surface area contributed by atoms with Crippen molar-refractivity contribution in [3.63, 3.8) is 0 Å². The maximum Gasteiger partial charge on any atom is 0.389 e. The topological polar surface area (TPSA) is 6.48 Å².